The molecule has 0 saturated carbocycles. The Morgan fingerprint density at radius 3 is 3.00 bits per heavy atom. The molecule has 0 radical (unpaired) electrons. The third-order valence-electron chi connectivity index (χ3n) is 4.18. The molecule has 2 N–H and O–H groups in total. The molecule has 0 bridgehead atoms. The van der Waals surface area contributed by atoms with Crippen molar-refractivity contribution >= 4 is 15.7 Å². The normalized spacial score (nSPS) is 23.4. The second kappa shape index (κ2) is 5.35. The van der Waals surface area contributed by atoms with Crippen molar-refractivity contribution < 1.29 is 13.5 Å². The number of anilines is 1. The second-order valence-electron chi connectivity index (χ2n) is 5.44. The summed E-state index contributed by atoms with van der Waals surface area (Å²) in [7, 11) is -3.51. The Hall–Kier alpha value is -1.11. The Morgan fingerprint density at radius 1 is 1.35 bits per heavy atom. The second-order valence-corrected chi connectivity index (χ2v) is 7.33. The smallest absolute Gasteiger partial charge is 0.243 e. The average molecular weight is 296 g/mol. The predicted octanol–water partition coefficient (Wildman–Crippen LogP) is 1.19. The maximum Gasteiger partial charge on any atom is 0.243 e. The van der Waals surface area contributed by atoms with E-state index >= 15 is 0 Å². The van der Waals surface area contributed by atoms with Gasteiger partial charge in [0.25, 0.3) is 0 Å². The molecule has 2 heterocycles. The van der Waals surface area contributed by atoms with Crippen LogP contribution in [0.5, 0.6) is 0 Å². The number of hydrogen-bond acceptors (Lipinski definition) is 4. The van der Waals surface area contributed by atoms with Gasteiger partial charge in [0, 0.05) is 24.8 Å². The standard InChI is InChI=1S/C14H20N2O3S/c17-10-12-3-1-2-8-16(12)20(18,19)13-5-4-11-6-7-15-14(11)9-13/h4-5,9,12,15,17H,1-3,6-8,10H2. The first-order chi connectivity index (χ1) is 9.63. The van der Waals surface area contributed by atoms with Crippen LogP contribution in [0.25, 0.3) is 0 Å². The Balaban J connectivity index is 1.94. The summed E-state index contributed by atoms with van der Waals surface area (Å²) in [6.07, 6.45) is 3.51. The van der Waals surface area contributed by atoms with Crippen LogP contribution < -0.4 is 5.32 Å². The topological polar surface area (TPSA) is 69.6 Å². The van der Waals surface area contributed by atoms with Crippen molar-refractivity contribution in [1.82, 2.24) is 4.31 Å². The summed E-state index contributed by atoms with van der Waals surface area (Å²) in [5.74, 6) is 0. The lowest BCUT2D eigenvalue weighted by Crippen LogP contribution is -2.45. The number of aliphatic hydroxyl groups excluding tert-OH is 1. The van der Waals surface area contributed by atoms with Gasteiger partial charge in [0.05, 0.1) is 11.5 Å². The van der Waals surface area contributed by atoms with Crippen molar-refractivity contribution in [3.8, 4) is 0 Å². The fraction of sp³-hybridized carbons (Fsp3) is 0.571. The number of hydrogen-bond donors (Lipinski definition) is 2. The number of nitrogens with one attached hydrogen (secondary N) is 1. The highest BCUT2D eigenvalue weighted by atomic mass is 32.2. The molecule has 1 saturated heterocycles. The lowest BCUT2D eigenvalue weighted by Gasteiger charge is -2.33. The van der Waals surface area contributed by atoms with Gasteiger partial charge in [0.1, 0.15) is 0 Å². The van der Waals surface area contributed by atoms with E-state index in [4.69, 9.17) is 0 Å². The molecule has 1 aromatic rings. The van der Waals surface area contributed by atoms with Gasteiger partial charge in [-0.25, -0.2) is 8.42 Å². The summed E-state index contributed by atoms with van der Waals surface area (Å²) in [6.45, 7) is 1.25. The van der Waals surface area contributed by atoms with E-state index in [2.05, 4.69) is 5.32 Å². The number of sulfonamides is 1. The quantitative estimate of drug-likeness (QED) is 0.879. The van der Waals surface area contributed by atoms with Crippen molar-refractivity contribution in [2.24, 2.45) is 0 Å². The van der Waals surface area contributed by atoms with E-state index in [-0.39, 0.29) is 12.6 Å². The maximum atomic E-state index is 12.7. The molecule has 5 nitrogen and oxygen atoms in total. The zero-order chi connectivity index (χ0) is 14.2. The minimum atomic E-state index is -3.51. The van der Waals surface area contributed by atoms with Gasteiger partial charge in [-0.2, -0.15) is 4.31 Å². The molecule has 1 unspecified atom stereocenters. The van der Waals surface area contributed by atoms with Gasteiger partial charge in [0.2, 0.25) is 10.0 Å². The van der Waals surface area contributed by atoms with E-state index in [0.29, 0.717) is 11.4 Å². The molecule has 0 aliphatic carbocycles. The zero-order valence-electron chi connectivity index (χ0n) is 11.4. The molecule has 2 aliphatic rings. The highest BCUT2D eigenvalue weighted by molar-refractivity contribution is 7.89. The Bertz CT molecular complexity index is 600. The Labute approximate surface area is 119 Å². The Morgan fingerprint density at radius 2 is 2.20 bits per heavy atom. The van der Waals surface area contributed by atoms with Gasteiger partial charge in [-0.15, -0.1) is 0 Å². The fourth-order valence-electron chi connectivity index (χ4n) is 3.04. The van der Waals surface area contributed by atoms with Crippen LogP contribution >= 0.6 is 0 Å². The summed E-state index contributed by atoms with van der Waals surface area (Å²) in [5, 5.41) is 12.6. The molecule has 20 heavy (non-hydrogen) atoms. The summed E-state index contributed by atoms with van der Waals surface area (Å²) in [5.41, 5.74) is 2.09. The maximum absolute atomic E-state index is 12.7. The van der Waals surface area contributed by atoms with Crippen LogP contribution in [0.2, 0.25) is 0 Å². The van der Waals surface area contributed by atoms with Gasteiger partial charge in [-0.1, -0.05) is 12.5 Å². The van der Waals surface area contributed by atoms with Gasteiger partial charge in [-0.05, 0) is 37.0 Å². The molecule has 1 atom stereocenters. The monoisotopic (exact) mass is 296 g/mol. The van der Waals surface area contributed by atoms with Crippen LogP contribution in [-0.4, -0.2) is 43.6 Å². The van der Waals surface area contributed by atoms with Crippen molar-refractivity contribution in [3.05, 3.63) is 23.8 Å². The molecular weight excluding hydrogens is 276 g/mol. The van der Waals surface area contributed by atoms with Crippen LogP contribution in [0.1, 0.15) is 24.8 Å². The number of fused-ring (bicyclic) bond motifs is 1. The third-order valence-corrected chi connectivity index (χ3v) is 6.13. The van der Waals surface area contributed by atoms with Crippen LogP contribution in [0, 0.1) is 0 Å². The lowest BCUT2D eigenvalue weighted by atomic mass is 10.1. The van der Waals surface area contributed by atoms with Crippen molar-refractivity contribution in [2.75, 3.05) is 25.0 Å². The lowest BCUT2D eigenvalue weighted by molar-refractivity contribution is 0.155. The number of rotatable bonds is 3. The molecule has 0 spiro atoms. The van der Waals surface area contributed by atoms with Crippen molar-refractivity contribution in [1.29, 1.82) is 0 Å². The predicted molar refractivity (Wildman–Crippen MR) is 77.3 cm³/mol. The zero-order valence-corrected chi connectivity index (χ0v) is 12.2. The number of benzene rings is 1. The molecule has 6 heteroatoms. The first kappa shape index (κ1) is 13.9. The van der Waals surface area contributed by atoms with Crippen LogP contribution in [0.3, 0.4) is 0 Å². The van der Waals surface area contributed by atoms with Crippen LogP contribution in [0.15, 0.2) is 23.1 Å². The molecular formula is C14H20N2O3S. The SMILES string of the molecule is O=S(=O)(c1ccc2c(c1)NCC2)N1CCCCC1CO. The highest BCUT2D eigenvalue weighted by Gasteiger charge is 2.33. The first-order valence-corrected chi connectivity index (χ1v) is 8.56. The average Bonchev–Trinajstić information content (AvgIpc) is 2.94. The van der Waals surface area contributed by atoms with E-state index in [1.807, 2.05) is 6.07 Å². The van der Waals surface area contributed by atoms with Crippen LogP contribution in [-0.2, 0) is 16.4 Å². The molecule has 1 fully saturated rings. The van der Waals surface area contributed by atoms with Gasteiger partial charge < -0.3 is 10.4 Å². The summed E-state index contributed by atoms with van der Waals surface area (Å²) in [4.78, 5) is 0.325. The van der Waals surface area contributed by atoms with Crippen LogP contribution in [0.4, 0.5) is 5.69 Å². The largest absolute Gasteiger partial charge is 0.395 e. The van der Waals surface area contributed by atoms with Crippen molar-refractivity contribution in [2.45, 2.75) is 36.6 Å². The van der Waals surface area contributed by atoms with Gasteiger partial charge in [-0.3, -0.25) is 0 Å². The van der Waals surface area contributed by atoms with E-state index < -0.39 is 10.0 Å². The highest BCUT2D eigenvalue weighted by Crippen LogP contribution is 2.29. The molecule has 3 rings (SSSR count). The molecule has 2 aliphatic heterocycles. The first-order valence-electron chi connectivity index (χ1n) is 7.12. The number of aliphatic hydroxyl groups is 1. The molecule has 0 amide bonds. The molecule has 1 aromatic carbocycles. The summed E-state index contributed by atoms with van der Waals surface area (Å²) >= 11 is 0. The van der Waals surface area contributed by atoms with Gasteiger partial charge in [0.15, 0.2) is 0 Å². The minimum absolute atomic E-state index is 0.109. The van der Waals surface area contributed by atoms with E-state index in [9.17, 15) is 13.5 Å². The summed E-state index contributed by atoms with van der Waals surface area (Å²) < 4.78 is 27.0. The summed E-state index contributed by atoms with van der Waals surface area (Å²) in [6, 6.07) is 5.01. The third kappa shape index (κ3) is 2.32. The van der Waals surface area contributed by atoms with E-state index in [1.54, 1.807) is 12.1 Å². The van der Waals surface area contributed by atoms with E-state index in [0.717, 1.165) is 37.9 Å². The Kier molecular flexibility index (Phi) is 3.70. The van der Waals surface area contributed by atoms with Crippen molar-refractivity contribution in [3.63, 3.8) is 0 Å². The number of piperidine rings is 1. The minimum Gasteiger partial charge on any atom is -0.395 e. The number of nitrogens with zero attached hydrogens (tertiary/aromatic N) is 1. The van der Waals surface area contributed by atoms with E-state index in [1.165, 1.54) is 9.87 Å². The fourth-order valence-corrected chi connectivity index (χ4v) is 4.75. The van der Waals surface area contributed by atoms with Gasteiger partial charge >= 0.3 is 0 Å². The molecule has 110 valence electrons. The molecule has 0 aromatic heterocycles.